The van der Waals surface area contributed by atoms with Crippen molar-refractivity contribution < 1.29 is 22.7 Å². The summed E-state index contributed by atoms with van der Waals surface area (Å²) < 4.78 is 38.2. The summed E-state index contributed by atoms with van der Waals surface area (Å²) in [5, 5.41) is 3.13. The zero-order valence-corrected chi connectivity index (χ0v) is 20.3. The number of halogens is 1. The highest BCUT2D eigenvalue weighted by Gasteiger charge is 2.16. The van der Waals surface area contributed by atoms with Gasteiger partial charge < -0.3 is 14.8 Å². The zero-order chi connectivity index (χ0) is 24.2. The molecule has 0 spiro atoms. The molecule has 3 rings (SSSR count). The molecule has 0 fully saturated rings. The van der Waals surface area contributed by atoms with Crippen molar-refractivity contribution in [2.24, 2.45) is 0 Å². The maximum absolute atomic E-state index is 12.7. The van der Waals surface area contributed by atoms with Gasteiger partial charge in [-0.1, -0.05) is 29.8 Å². The normalized spacial score (nSPS) is 11.2. The second-order valence-electron chi connectivity index (χ2n) is 7.41. The van der Waals surface area contributed by atoms with Crippen LogP contribution in [0.3, 0.4) is 0 Å². The summed E-state index contributed by atoms with van der Waals surface area (Å²) in [5.74, 6) is 0.436. The number of rotatable bonds is 8. The fraction of sp³-hybridized carbons (Fsp3) is 0.208. The third kappa shape index (κ3) is 5.84. The molecule has 1 amide bonds. The highest BCUT2D eigenvalue weighted by molar-refractivity contribution is 7.89. The number of hydrogen-bond donors (Lipinski definition) is 2. The first kappa shape index (κ1) is 24.6. The molecule has 0 atom stereocenters. The predicted octanol–water partition coefficient (Wildman–Crippen LogP) is 4.70. The Morgan fingerprint density at radius 2 is 1.58 bits per heavy atom. The molecular formula is C24H25ClN2O5S. The van der Waals surface area contributed by atoms with Gasteiger partial charge in [0.1, 0.15) is 11.5 Å². The van der Waals surface area contributed by atoms with Gasteiger partial charge in [-0.05, 0) is 54.8 Å². The van der Waals surface area contributed by atoms with E-state index in [1.807, 2.05) is 13.8 Å². The molecule has 0 aliphatic heterocycles. The molecule has 0 unspecified atom stereocenters. The summed E-state index contributed by atoms with van der Waals surface area (Å²) in [7, 11) is -0.696. The Morgan fingerprint density at radius 3 is 2.18 bits per heavy atom. The molecule has 0 saturated heterocycles. The van der Waals surface area contributed by atoms with Gasteiger partial charge in [0.15, 0.2) is 0 Å². The lowest BCUT2D eigenvalue weighted by Crippen LogP contribution is -2.23. The van der Waals surface area contributed by atoms with Gasteiger partial charge in [-0.25, -0.2) is 13.1 Å². The van der Waals surface area contributed by atoms with Gasteiger partial charge in [0.25, 0.3) is 5.91 Å². The fourth-order valence-electron chi connectivity index (χ4n) is 3.07. The van der Waals surface area contributed by atoms with Gasteiger partial charge in [-0.15, -0.1) is 0 Å². The van der Waals surface area contributed by atoms with Crippen molar-refractivity contribution in [1.29, 1.82) is 0 Å². The first-order chi connectivity index (χ1) is 15.6. The van der Waals surface area contributed by atoms with E-state index < -0.39 is 10.0 Å². The molecular weight excluding hydrogens is 464 g/mol. The highest BCUT2D eigenvalue weighted by Crippen LogP contribution is 2.36. The van der Waals surface area contributed by atoms with E-state index in [0.717, 1.165) is 11.1 Å². The molecule has 0 aliphatic carbocycles. The highest BCUT2D eigenvalue weighted by atomic mass is 35.5. The van der Waals surface area contributed by atoms with Crippen LogP contribution in [-0.4, -0.2) is 28.5 Å². The molecule has 3 aromatic carbocycles. The number of amides is 1. The second-order valence-corrected chi connectivity index (χ2v) is 9.58. The lowest BCUT2D eigenvalue weighted by atomic mass is 10.1. The molecule has 0 aromatic heterocycles. The van der Waals surface area contributed by atoms with Crippen LogP contribution in [0.25, 0.3) is 0 Å². The van der Waals surface area contributed by atoms with Gasteiger partial charge >= 0.3 is 0 Å². The molecule has 0 bridgehead atoms. The van der Waals surface area contributed by atoms with E-state index in [-0.39, 0.29) is 17.3 Å². The first-order valence-electron chi connectivity index (χ1n) is 10.0. The molecule has 33 heavy (non-hydrogen) atoms. The number of aryl methyl sites for hydroxylation is 2. The third-order valence-corrected chi connectivity index (χ3v) is 6.89. The predicted molar refractivity (Wildman–Crippen MR) is 129 cm³/mol. The molecule has 174 valence electrons. The number of carbonyl (C=O) groups excluding carboxylic acids is 1. The van der Waals surface area contributed by atoms with Gasteiger partial charge in [-0.2, -0.15) is 0 Å². The molecule has 2 N–H and O–H groups in total. The van der Waals surface area contributed by atoms with Gasteiger partial charge in [0.05, 0.1) is 29.8 Å². The monoisotopic (exact) mass is 488 g/mol. The minimum Gasteiger partial charge on any atom is -0.495 e. The smallest absolute Gasteiger partial charge is 0.255 e. The van der Waals surface area contributed by atoms with Crippen molar-refractivity contribution in [2.45, 2.75) is 25.3 Å². The van der Waals surface area contributed by atoms with E-state index >= 15 is 0 Å². The number of carbonyl (C=O) groups is 1. The summed E-state index contributed by atoms with van der Waals surface area (Å²) in [6, 6.07) is 14.8. The molecule has 0 aliphatic rings. The lowest BCUT2D eigenvalue weighted by molar-refractivity contribution is 0.102. The maximum Gasteiger partial charge on any atom is 0.255 e. The minimum absolute atomic E-state index is 0.0966. The first-order valence-corrected chi connectivity index (χ1v) is 11.9. The van der Waals surface area contributed by atoms with Crippen molar-refractivity contribution in [2.75, 3.05) is 19.5 Å². The maximum atomic E-state index is 12.7. The van der Waals surface area contributed by atoms with Gasteiger partial charge in [0, 0.05) is 24.2 Å². The average Bonchev–Trinajstić information content (AvgIpc) is 2.80. The number of benzene rings is 3. The van der Waals surface area contributed by atoms with Crippen LogP contribution < -0.4 is 19.5 Å². The fourth-order valence-corrected chi connectivity index (χ4v) is 4.40. The van der Waals surface area contributed by atoms with E-state index in [1.165, 1.54) is 14.2 Å². The van der Waals surface area contributed by atoms with Crippen molar-refractivity contribution in [3.05, 3.63) is 81.9 Å². The molecule has 0 heterocycles. The van der Waals surface area contributed by atoms with Crippen molar-refractivity contribution in [1.82, 2.24) is 4.72 Å². The number of ether oxygens (including phenoxy) is 2. The topological polar surface area (TPSA) is 93.7 Å². The van der Waals surface area contributed by atoms with E-state index in [4.69, 9.17) is 21.1 Å². The zero-order valence-electron chi connectivity index (χ0n) is 18.7. The largest absolute Gasteiger partial charge is 0.495 e. The van der Waals surface area contributed by atoms with Crippen LogP contribution >= 0.6 is 11.6 Å². The van der Waals surface area contributed by atoms with Crippen molar-refractivity contribution in [3.63, 3.8) is 0 Å². The summed E-state index contributed by atoms with van der Waals surface area (Å²) in [4.78, 5) is 12.9. The van der Waals surface area contributed by atoms with Crippen molar-refractivity contribution >= 4 is 33.2 Å². The van der Waals surface area contributed by atoms with Crippen LogP contribution in [-0.2, 0) is 16.6 Å². The molecule has 3 aromatic rings. The third-order valence-electron chi connectivity index (χ3n) is 5.19. The number of nitrogens with one attached hydrogen (secondary N) is 2. The summed E-state index contributed by atoms with van der Waals surface area (Å²) in [6.45, 7) is 3.89. The Hall–Kier alpha value is -3.07. The van der Waals surface area contributed by atoms with Crippen LogP contribution in [0.4, 0.5) is 5.69 Å². The minimum atomic E-state index is -3.65. The number of hydrogen-bond acceptors (Lipinski definition) is 5. The van der Waals surface area contributed by atoms with Crippen LogP contribution in [0.15, 0.2) is 59.5 Å². The molecule has 7 nitrogen and oxygen atoms in total. The Balaban J connectivity index is 1.69. The van der Waals surface area contributed by atoms with E-state index in [2.05, 4.69) is 10.0 Å². The number of anilines is 1. The van der Waals surface area contributed by atoms with Crippen LogP contribution in [0, 0.1) is 13.8 Å². The van der Waals surface area contributed by atoms with E-state index in [0.29, 0.717) is 33.3 Å². The van der Waals surface area contributed by atoms with Crippen LogP contribution in [0.5, 0.6) is 11.5 Å². The molecule has 0 saturated carbocycles. The van der Waals surface area contributed by atoms with E-state index in [1.54, 1.807) is 54.6 Å². The summed E-state index contributed by atoms with van der Waals surface area (Å²) >= 11 is 6.10. The quantitative estimate of drug-likeness (QED) is 0.479. The van der Waals surface area contributed by atoms with Gasteiger partial charge in [0.2, 0.25) is 10.0 Å². The summed E-state index contributed by atoms with van der Waals surface area (Å²) in [5.41, 5.74) is 3.45. The Bertz CT molecular complexity index is 1270. The van der Waals surface area contributed by atoms with Crippen LogP contribution in [0.1, 0.15) is 27.0 Å². The number of sulfonamides is 1. The average molecular weight is 489 g/mol. The molecule has 0 radical (unpaired) electrons. The standard InChI is InChI=1S/C24H25ClN2O5S/c1-15-5-10-19(11-16(15)2)33(29,30)26-14-17-6-8-18(9-7-17)24(28)27-21-13-22(31-3)20(25)12-23(21)32-4/h5-13,26H,14H2,1-4H3,(H,27,28). The Kier molecular flexibility index (Phi) is 7.63. The SMILES string of the molecule is COc1cc(NC(=O)c2ccc(CNS(=O)(=O)c3ccc(C)c(C)c3)cc2)c(OC)cc1Cl. The van der Waals surface area contributed by atoms with Crippen molar-refractivity contribution in [3.8, 4) is 11.5 Å². The Labute approximate surface area is 198 Å². The lowest BCUT2D eigenvalue weighted by Gasteiger charge is -2.13. The van der Waals surface area contributed by atoms with Crippen LogP contribution in [0.2, 0.25) is 5.02 Å². The Morgan fingerprint density at radius 1 is 0.909 bits per heavy atom. The molecule has 9 heteroatoms. The van der Waals surface area contributed by atoms with Gasteiger partial charge in [-0.3, -0.25) is 4.79 Å². The second kappa shape index (κ2) is 10.2. The van der Waals surface area contributed by atoms with E-state index in [9.17, 15) is 13.2 Å². The summed E-state index contributed by atoms with van der Waals surface area (Å²) in [6.07, 6.45) is 0. The number of methoxy groups -OCH3 is 2.